The second-order valence-electron chi connectivity index (χ2n) is 5.37. The van der Waals surface area contributed by atoms with Crippen LogP contribution in [0.25, 0.3) is 0 Å². The molecular formula is C19H22ClNO5. The number of halogens is 1. The highest BCUT2D eigenvalue weighted by Gasteiger charge is 2.21. The van der Waals surface area contributed by atoms with Crippen molar-refractivity contribution in [3.8, 4) is 23.0 Å². The van der Waals surface area contributed by atoms with E-state index < -0.39 is 6.10 Å². The first-order valence-corrected chi connectivity index (χ1v) is 8.43. The number of anilines is 1. The van der Waals surface area contributed by atoms with Crippen molar-refractivity contribution < 1.29 is 23.7 Å². The van der Waals surface area contributed by atoms with E-state index in [9.17, 15) is 4.79 Å². The van der Waals surface area contributed by atoms with Gasteiger partial charge in [-0.25, -0.2) is 0 Å². The second-order valence-corrected chi connectivity index (χ2v) is 5.77. The number of ether oxygens (including phenoxy) is 4. The van der Waals surface area contributed by atoms with Crippen LogP contribution in [0.5, 0.6) is 23.0 Å². The molecule has 0 spiro atoms. The Kier molecular flexibility index (Phi) is 6.97. The lowest BCUT2D eigenvalue weighted by atomic mass is 10.2. The number of methoxy groups -OCH3 is 3. The summed E-state index contributed by atoms with van der Waals surface area (Å²) in [5, 5.41) is 3.20. The Labute approximate surface area is 158 Å². The average molecular weight is 380 g/mol. The highest BCUT2D eigenvalue weighted by molar-refractivity contribution is 6.32. The van der Waals surface area contributed by atoms with Gasteiger partial charge in [0.15, 0.2) is 6.10 Å². The fourth-order valence-corrected chi connectivity index (χ4v) is 2.54. The van der Waals surface area contributed by atoms with Crippen molar-refractivity contribution in [2.45, 2.75) is 19.4 Å². The lowest BCUT2D eigenvalue weighted by Crippen LogP contribution is -2.32. The predicted octanol–water partition coefficient (Wildman–Crippen LogP) is 4.16. The number of hydrogen-bond acceptors (Lipinski definition) is 5. The number of carbonyl (C=O) groups excluding carboxylic acids is 1. The molecule has 0 saturated carbocycles. The standard InChI is InChI=1S/C19H22ClNO5/c1-5-16(26-13-8-6-12(23-2)7-9-13)19(22)21-15-11-17(24-3)14(20)10-18(15)25-4/h6-11,16H,5H2,1-4H3,(H,21,22). The van der Waals surface area contributed by atoms with Crippen LogP contribution in [0, 0.1) is 0 Å². The summed E-state index contributed by atoms with van der Waals surface area (Å²) in [6, 6.07) is 10.2. The second kappa shape index (κ2) is 9.20. The highest BCUT2D eigenvalue weighted by atomic mass is 35.5. The zero-order chi connectivity index (χ0) is 19.1. The van der Waals surface area contributed by atoms with E-state index in [4.69, 9.17) is 30.5 Å². The van der Waals surface area contributed by atoms with Crippen LogP contribution in [0.15, 0.2) is 36.4 Å². The summed E-state index contributed by atoms with van der Waals surface area (Å²) in [5.74, 6) is 1.86. The van der Waals surface area contributed by atoms with E-state index in [0.29, 0.717) is 40.1 Å². The third-order valence-corrected chi connectivity index (χ3v) is 4.03. The van der Waals surface area contributed by atoms with E-state index in [-0.39, 0.29) is 5.91 Å². The molecule has 7 heteroatoms. The van der Waals surface area contributed by atoms with E-state index in [2.05, 4.69) is 5.32 Å². The molecule has 6 nitrogen and oxygen atoms in total. The minimum Gasteiger partial charge on any atom is -0.497 e. The molecule has 1 atom stereocenters. The maximum absolute atomic E-state index is 12.6. The molecule has 1 N–H and O–H groups in total. The molecule has 0 aromatic heterocycles. The molecule has 1 amide bonds. The summed E-state index contributed by atoms with van der Waals surface area (Å²) in [4.78, 5) is 12.6. The molecule has 0 heterocycles. The SMILES string of the molecule is CCC(Oc1ccc(OC)cc1)C(=O)Nc1cc(OC)c(Cl)cc1OC. The van der Waals surface area contributed by atoms with E-state index in [0.717, 1.165) is 0 Å². The third kappa shape index (κ3) is 4.73. The number of amides is 1. The number of rotatable bonds is 8. The smallest absolute Gasteiger partial charge is 0.265 e. The summed E-state index contributed by atoms with van der Waals surface area (Å²) in [6.07, 6.45) is -0.181. The average Bonchev–Trinajstić information content (AvgIpc) is 2.67. The van der Waals surface area contributed by atoms with Crippen LogP contribution in [-0.4, -0.2) is 33.3 Å². The van der Waals surface area contributed by atoms with Crippen LogP contribution >= 0.6 is 11.6 Å². The van der Waals surface area contributed by atoms with Gasteiger partial charge in [0.25, 0.3) is 5.91 Å². The van der Waals surface area contributed by atoms with E-state index >= 15 is 0 Å². The van der Waals surface area contributed by atoms with Gasteiger partial charge < -0.3 is 24.3 Å². The van der Waals surface area contributed by atoms with Gasteiger partial charge in [-0.2, -0.15) is 0 Å². The highest BCUT2D eigenvalue weighted by Crippen LogP contribution is 2.36. The van der Waals surface area contributed by atoms with Gasteiger partial charge in [0.1, 0.15) is 23.0 Å². The first kappa shape index (κ1) is 19.7. The normalized spacial score (nSPS) is 11.4. The summed E-state index contributed by atoms with van der Waals surface area (Å²) >= 11 is 6.09. The van der Waals surface area contributed by atoms with Crippen molar-refractivity contribution >= 4 is 23.2 Å². The maximum atomic E-state index is 12.6. The topological polar surface area (TPSA) is 66.0 Å². The minimum absolute atomic E-state index is 0.300. The summed E-state index contributed by atoms with van der Waals surface area (Å²) in [7, 11) is 4.59. The van der Waals surface area contributed by atoms with Crippen LogP contribution in [0.4, 0.5) is 5.69 Å². The van der Waals surface area contributed by atoms with Gasteiger partial charge in [-0.3, -0.25) is 4.79 Å². The molecule has 2 aromatic carbocycles. The monoisotopic (exact) mass is 379 g/mol. The van der Waals surface area contributed by atoms with Crippen LogP contribution in [-0.2, 0) is 4.79 Å². The van der Waals surface area contributed by atoms with E-state index in [1.165, 1.54) is 14.2 Å². The van der Waals surface area contributed by atoms with Gasteiger partial charge in [-0.15, -0.1) is 0 Å². The lowest BCUT2D eigenvalue weighted by molar-refractivity contribution is -0.122. The molecule has 26 heavy (non-hydrogen) atoms. The quantitative estimate of drug-likeness (QED) is 0.745. The Morgan fingerprint density at radius 3 is 2.15 bits per heavy atom. The maximum Gasteiger partial charge on any atom is 0.265 e. The summed E-state index contributed by atoms with van der Waals surface area (Å²) < 4.78 is 21.4. The molecule has 0 bridgehead atoms. The summed E-state index contributed by atoms with van der Waals surface area (Å²) in [6.45, 7) is 1.87. The van der Waals surface area contributed by atoms with Gasteiger partial charge in [0, 0.05) is 12.1 Å². The van der Waals surface area contributed by atoms with Gasteiger partial charge in [-0.1, -0.05) is 18.5 Å². The van der Waals surface area contributed by atoms with E-state index in [1.54, 1.807) is 43.5 Å². The molecule has 0 aliphatic carbocycles. The van der Waals surface area contributed by atoms with Crippen LogP contribution < -0.4 is 24.3 Å². The minimum atomic E-state index is -0.672. The fraction of sp³-hybridized carbons (Fsp3) is 0.316. The van der Waals surface area contributed by atoms with Gasteiger partial charge >= 0.3 is 0 Å². The van der Waals surface area contributed by atoms with Crippen LogP contribution in [0.2, 0.25) is 5.02 Å². The van der Waals surface area contributed by atoms with Crippen molar-refractivity contribution in [2.75, 3.05) is 26.6 Å². The first-order valence-electron chi connectivity index (χ1n) is 8.05. The number of nitrogens with one attached hydrogen (secondary N) is 1. The number of hydrogen-bond donors (Lipinski definition) is 1. The molecule has 0 aliphatic heterocycles. The van der Waals surface area contributed by atoms with Crippen molar-refractivity contribution in [2.24, 2.45) is 0 Å². The molecular weight excluding hydrogens is 358 g/mol. The Morgan fingerprint density at radius 2 is 1.62 bits per heavy atom. The van der Waals surface area contributed by atoms with E-state index in [1.807, 2.05) is 6.92 Å². The molecule has 140 valence electrons. The van der Waals surface area contributed by atoms with Crippen LogP contribution in [0.1, 0.15) is 13.3 Å². The first-order chi connectivity index (χ1) is 12.5. The Hall–Kier alpha value is -2.60. The third-order valence-electron chi connectivity index (χ3n) is 3.73. The van der Waals surface area contributed by atoms with Crippen molar-refractivity contribution in [1.29, 1.82) is 0 Å². The van der Waals surface area contributed by atoms with Gasteiger partial charge in [0.2, 0.25) is 0 Å². The molecule has 2 rings (SSSR count). The fourth-order valence-electron chi connectivity index (χ4n) is 2.31. The molecule has 1 unspecified atom stereocenters. The zero-order valence-corrected chi connectivity index (χ0v) is 15.9. The van der Waals surface area contributed by atoms with Crippen molar-refractivity contribution in [3.05, 3.63) is 41.4 Å². The number of benzene rings is 2. The Bertz CT molecular complexity index is 748. The molecule has 0 fully saturated rings. The molecule has 0 saturated heterocycles. The van der Waals surface area contributed by atoms with Crippen molar-refractivity contribution in [3.63, 3.8) is 0 Å². The lowest BCUT2D eigenvalue weighted by Gasteiger charge is -2.19. The molecule has 0 radical (unpaired) electrons. The molecule has 0 aliphatic rings. The predicted molar refractivity (Wildman–Crippen MR) is 101 cm³/mol. The Morgan fingerprint density at radius 1 is 1.00 bits per heavy atom. The van der Waals surface area contributed by atoms with Gasteiger partial charge in [-0.05, 0) is 30.7 Å². The molecule has 2 aromatic rings. The largest absolute Gasteiger partial charge is 0.497 e. The van der Waals surface area contributed by atoms with Gasteiger partial charge in [0.05, 0.1) is 32.0 Å². The summed E-state index contributed by atoms with van der Waals surface area (Å²) in [5.41, 5.74) is 0.454. The zero-order valence-electron chi connectivity index (χ0n) is 15.2. The Balaban J connectivity index is 2.15. The van der Waals surface area contributed by atoms with Crippen LogP contribution in [0.3, 0.4) is 0 Å². The van der Waals surface area contributed by atoms with Crippen molar-refractivity contribution in [1.82, 2.24) is 0 Å². The number of carbonyl (C=O) groups is 1.